The van der Waals surface area contributed by atoms with Crippen LogP contribution in [0.15, 0.2) is 71.2 Å². The smallest absolute Gasteiger partial charge is 0.246 e. The number of furan rings is 1. The van der Waals surface area contributed by atoms with E-state index in [1.807, 2.05) is 0 Å². The SMILES string of the molecule is COc1ccc(NC(=O)CN(C)C(=O)/C=C/c2ccc(-c3ccccc3F)o2)cc1. The molecule has 30 heavy (non-hydrogen) atoms. The molecule has 3 aromatic rings. The Balaban J connectivity index is 1.55. The molecule has 0 saturated heterocycles. The summed E-state index contributed by atoms with van der Waals surface area (Å²) in [5.74, 6) is 0.362. The van der Waals surface area contributed by atoms with Crippen molar-refractivity contribution in [3.05, 3.63) is 78.3 Å². The Morgan fingerprint density at radius 1 is 1.10 bits per heavy atom. The number of amides is 2. The maximum atomic E-state index is 13.8. The van der Waals surface area contributed by atoms with Crippen LogP contribution in [0.4, 0.5) is 10.1 Å². The standard InChI is InChI=1S/C23H21FN2O4/c1-26(15-22(27)25-16-7-9-17(29-2)10-8-16)23(28)14-12-18-11-13-21(30-18)19-5-3-4-6-20(19)24/h3-14H,15H2,1-2H3,(H,25,27)/b14-12+. The average Bonchev–Trinajstić information content (AvgIpc) is 3.21. The van der Waals surface area contributed by atoms with Crippen molar-refractivity contribution in [3.63, 3.8) is 0 Å². The molecule has 2 aromatic carbocycles. The molecule has 154 valence electrons. The number of likely N-dealkylation sites (N-methyl/N-ethyl adjacent to an activating group) is 1. The third kappa shape index (κ3) is 5.35. The Morgan fingerprint density at radius 3 is 2.53 bits per heavy atom. The number of methoxy groups -OCH3 is 1. The molecule has 1 heterocycles. The third-order valence-corrected chi connectivity index (χ3v) is 4.29. The number of nitrogens with zero attached hydrogens (tertiary/aromatic N) is 1. The molecule has 0 saturated carbocycles. The highest BCUT2D eigenvalue weighted by molar-refractivity contribution is 5.97. The molecule has 0 aliphatic heterocycles. The Hall–Kier alpha value is -3.87. The van der Waals surface area contributed by atoms with Gasteiger partial charge in [-0.15, -0.1) is 0 Å². The topological polar surface area (TPSA) is 71.8 Å². The largest absolute Gasteiger partial charge is 0.497 e. The van der Waals surface area contributed by atoms with Gasteiger partial charge >= 0.3 is 0 Å². The van der Waals surface area contributed by atoms with E-state index in [9.17, 15) is 14.0 Å². The summed E-state index contributed by atoms with van der Waals surface area (Å²) >= 11 is 0. The van der Waals surface area contributed by atoms with Gasteiger partial charge in [-0.2, -0.15) is 0 Å². The number of nitrogens with one attached hydrogen (secondary N) is 1. The molecule has 0 unspecified atom stereocenters. The number of carbonyl (C=O) groups excluding carboxylic acids is 2. The number of anilines is 1. The van der Waals surface area contributed by atoms with Gasteiger partial charge < -0.3 is 19.4 Å². The van der Waals surface area contributed by atoms with E-state index in [1.165, 1.54) is 30.2 Å². The van der Waals surface area contributed by atoms with Gasteiger partial charge in [-0.3, -0.25) is 9.59 Å². The monoisotopic (exact) mass is 408 g/mol. The van der Waals surface area contributed by atoms with E-state index in [1.54, 1.807) is 61.7 Å². The van der Waals surface area contributed by atoms with Crippen LogP contribution in [0.1, 0.15) is 5.76 Å². The van der Waals surface area contributed by atoms with Gasteiger partial charge in [0.2, 0.25) is 11.8 Å². The first-order valence-corrected chi connectivity index (χ1v) is 9.18. The summed E-state index contributed by atoms with van der Waals surface area (Å²) < 4.78 is 24.5. The molecular formula is C23H21FN2O4. The van der Waals surface area contributed by atoms with Crippen LogP contribution in [0.25, 0.3) is 17.4 Å². The van der Waals surface area contributed by atoms with Crippen molar-refractivity contribution in [2.24, 2.45) is 0 Å². The van der Waals surface area contributed by atoms with Crippen LogP contribution in [0.3, 0.4) is 0 Å². The van der Waals surface area contributed by atoms with Gasteiger partial charge in [-0.25, -0.2) is 4.39 Å². The van der Waals surface area contributed by atoms with E-state index in [4.69, 9.17) is 9.15 Å². The maximum Gasteiger partial charge on any atom is 0.246 e. The van der Waals surface area contributed by atoms with Crippen LogP contribution >= 0.6 is 0 Å². The fraction of sp³-hybridized carbons (Fsp3) is 0.130. The Kier molecular flexibility index (Phi) is 6.64. The molecular weight excluding hydrogens is 387 g/mol. The summed E-state index contributed by atoms with van der Waals surface area (Å²) in [6.45, 7) is -0.117. The quantitative estimate of drug-likeness (QED) is 0.595. The number of benzene rings is 2. The lowest BCUT2D eigenvalue weighted by atomic mass is 10.1. The van der Waals surface area contributed by atoms with Crippen LogP contribution in [-0.4, -0.2) is 37.4 Å². The van der Waals surface area contributed by atoms with E-state index in [0.717, 1.165) is 0 Å². The highest BCUT2D eigenvalue weighted by atomic mass is 19.1. The normalized spacial score (nSPS) is 10.8. The van der Waals surface area contributed by atoms with Crippen LogP contribution in [-0.2, 0) is 9.59 Å². The van der Waals surface area contributed by atoms with Crippen LogP contribution in [0.2, 0.25) is 0 Å². The Labute approximate surface area is 173 Å². The maximum absolute atomic E-state index is 13.8. The number of hydrogen-bond donors (Lipinski definition) is 1. The second-order valence-electron chi connectivity index (χ2n) is 6.49. The minimum absolute atomic E-state index is 0.117. The molecule has 0 aliphatic rings. The average molecular weight is 408 g/mol. The summed E-state index contributed by atoms with van der Waals surface area (Å²) in [6, 6.07) is 16.4. The van der Waals surface area contributed by atoms with E-state index >= 15 is 0 Å². The van der Waals surface area contributed by atoms with Gasteiger partial charge in [-0.05, 0) is 54.6 Å². The summed E-state index contributed by atoms with van der Waals surface area (Å²) in [5.41, 5.74) is 0.948. The second-order valence-corrected chi connectivity index (χ2v) is 6.49. The molecule has 1 aromatic heterocycles. The highest BCUT2D eigenvalue weighted by Gasteiger charge is 2.12. The molecule has 0 spiro atoms. The molecule has 0 aliphatic carbocycles. The van der Waals surface area contributed by atoms with Crippen molar-refractivity contribution in [2.45, 2.75) is 0 Å². The van der Waals surface area contributed by atoms with Crippen molar-refractivity contribution >= 4 is 23.6 Å². The van der Waals surface area contributed by atoms with Gasteiger partial charge in [0.1, 0.15) is 23.1 Å². The number of halogens is 1. The van der Waals surface area contributed by atoms with Crippen molar-refractivity contribution in [1.82, 2.24) is 4.90 Å². The fourth-order valence-corrected chi connectivity index (χ4v) is 2.70. The highest BCUT2D eigenvalue weighted by Crippen LogP contribution is 2.25. The van der Waals surface area contributed by atoms with Crippen LogP contribution in [0, 0.1) is 5.82 Å². The molecule has 3 rings (SSSR count). The predicted octanol–water partition coefficient (Wildman–Crippen LogP) is 4.20. The second kappa shape index (κ2) is 9.56. The zero-order chi connectivity index (χ0) is 21.5. The fourth-order valence-electron chi connectivity index (χ4n) is 2.70. The minimum Gasteiger partial charge on any atom is -0.497 e. The Morgan fingerprint density at radius 2 is 1.83 bits per heavy atom. The molecule has 6 nitrogen and oxygen atoms in total. The van der Waals surface area contributed by atoms with Gasteiger partial charge in [-0.1, -0.05) is 12.1 Å². The lowest BCUT2D eigenvalue weighted by Crippen LogP contribution is -2.33. The number of ether oxygens (including phenoxy) is 1. The first kappa shape index (κ1) is 20.9. The molecule has 0 radical (unpaired) electrons. The third-order valence-electron chi connectivity index (χ3n) is 4.29. The van der Waals surface area contributed by atoms with Crippen molar-refractivity contribution in [1.29, 1.82) is 0 Å². The van der Waals surface area contributed by atoms with Crippen LogP contribution in [0.5, 0.6) is 5.75 Å². The first-order valence-electron chi connectivity index (χ1n) is 9.18. The zero-order valence-electron chi connectivity index (χ0n) is 16.6. The molecule has 0 atom stereocenters. The van der Waals surface area contributed by atoms with Crippen molar-refractivity contribution in [2.75, 3.05) is 26.0 Å². The first-order chi connectivity index (χ1) is 14.5. The molecule has 0 fully saturated rings. The lowest BCUT2D eigenvalue weighted by Gasteiger charge is -2.14. The minimum atomic E-state index is -0.388. The van der Waals surface area contributed by atoms with Crippen molar-refractivity contribution < 1.29 is 23.1 Å². The number of hydrogen-bond acceptors (Lipinski definition) is 4. The lowest BCUT2D eigenvalue weighted by molar-refractivity contribution is -0.129. The number of rotatable bonds is 7. The summed E-state index contributed by atoms with van der Waals surface area (Å²) in [4.78, 5) is 25.7. The summed E-state index contributed by atoms with van der Waals surface area (Å²) in [6.07, 6.45) is 2.77. The van der Waals surface area contributed by atoms with Crippen molar-refractivity contribution in [3.8, 4) is 17.1 Å². The van der Waals surface area contributed by atoms with E-state index in [0.29, 0.717) is 28.5 Å². The van der Waals surface area contributed by atoms with E-state index in [-0.39, 0.29) is 24.2 Å². The van der Waals surface area contributed by atoms with Gasteiger partial charge in [0.25, 0.3) is 0 Å². The summed E-state index contributed by atoms with van der Waals surface area (Å²) in [7, 11) is 3.08. The van der Waals surface area contributed by atoms with Gasteiger partial charge in [0.05, 0.1) is 19.2 Å². The van der Waals surface area contributed by atoms with Crippen LogP contribution < -0.4 is 10.1 Å². The predicted molar refractivity (Wildman–Crippen MR) is 112 cm³/mol. The Bertz CT molecular complexity index is 1060. The van der Waals surface area contributed by atoms with Gasteiger partial charge in [0.15, 0.2) is 0 Å². The molecule has 1 N–H and O–H groups in total. The molecule has 7 heteroatoms. The zero-order valence-corrected chi connectivity index (χ0v) is 16.6. The summed E-state index contributed by atoms with van der Waals surface area (Å²) in [5, 5.41) is 2.71. The molecule has 2 amide bonds. The van der Waals surface area contributed by atoms with E-state index < -0.39 is 0 Å². The number of carbonyl (C=O) groups is 2. The van der Waals surface area contributed by atoms with Gasteiger partial charge in [0, 0.05) is 18.8 Å². The van der Waals surface area contributed by atoms with E-state index in [2.05, 4.69) is 5.32 Å². The molecule has 0 bridgehead atoms.